The van der Waals surface area contributed by atoms with Crippen LogP contribution in [0.2, 0.25) is 0 Å². The molecule has 1 rings (SSSR count). The maximum absolute atomic E-state index is 10.7. The van der Waals surface area contributed by atoms with Gasteiger partial charge in [0.1, 0.15) is 6.61 Å². The molecule has 1 aliphatic rings. The Hall–Kier alpha value is -1.31. The second kappa shape index (κ2) is 6.74. The highest BCUT2D eigenvalue weighted by Gasteiger charge is 2.26. The molecule has 0 bridgehead atoms. The van der Waals surface area contributed by atoms with Gasteiger partial charge in [-0.15, -0.1) is 0 Å². The van der Waals surface area contributed by atoms with Gasteiger partial charge in [-0.2, -0.15) is 0 Å². The summed E-state index contributed by atoms with van der Waals surface area (Å²) in [5.74, 6) is -0.236. The smallest absolute Gasteiger partial charge is 0.302 e. The summed E-state index contributed by atoms with van der Waals surface area (Å²) in [5.41, 5.74) is 4.36. The van der Waals surface area contributed by atoms with Crippen LogP contribution in [0.3, 0.4) is 0 Å². The normalized spacial score (nSPS) is 19.9. The standard InChI is InChI=1S/C17H26O2/c1-13(10-12-19-15(3)18)8-9-16-14(2)7-6-11-17(16,4)5/h8-10H,6-7,11-12H2,1-5H3/b9-8+,13-10+. The van der Waals surface area contributed by atoms with Crippen LogP contribution in [0.15, 0.2) is 34.9 Å². The molecule has 1 aliphatic carbocycles. The van der Waals surface area contributed by atoms with Crippen molar-refractivity contribution in [1.29, 1.82) is 0 Å². The highest BCUT2D eigenvalue weighted by atomic mass is 16.5. The summed E-state index contributed by atoms with van der Waals surface area (Å²) in [4.78, 5) is 10.7. The molecule has 0 aromatic carbocycles. The van der Waals surface area contributed by atoms with Crippen molar-refractivity contribution in [2.24, 2.45) is 5.41 Å². The highest BCUT2D eigenvalue weighted by molar-refractivity contribution is 5.66. The van der Waals surface area contributed by atoms with E-state index in [0.717, 1.165) is 5.57 Å². The molecule has 0 heterocycles. The lowest BCUT2D eigenvalue weighted by atomic mass is 9.72. The van der Waals surface area contributed by atoms with Crippen molar-refractivity contribution in [2.75, 3.05) is 6.61 Å². The lowest BCUT2D eigenvalue weighted by Crippen LogP contribution is -2.19. The van der Waals surface area contributed by atoms with Crippen LogP contribution < -0.4 is 0 Å². The highest BCUT2D eigenvalue weighted by Crippen LogP contribution is 2.40. The maximum Gasteiger partial charge on any atom is 0.302 e. The van der Waals surface area contributed by atoms with Crippen LogP contribution in [-0.2, 0) is 9.53 Å². The predicted octanol–water partition coefficient (Wildman–Crippen LogP) is 4.58. The third-order valence-electron chi connectivity index (χ3n) is 3.75. The first kappa shape index (κ1) is 15.7. The fourth-order valence-electron chi connectivity index (χ4n) is 2.58. The Kier molecular flexibility index (Phi) is 5.59. The summed E-state index contributed by atoms with van der Waals surface area (Å²) in [6.07, 6.45) is 10.0. The lowest BCUT2D eigenvalue weighted by molar-refractivity contribution is -0.139. The molecule has 0 amide bonds. The minimum Gasteiger partial charge on any atom is -0.462 e. The largest absolute Gasteiger partial charge is 0.462 e. The molecule has 0 fully saturated rings. The minimum atomic E-state index is -0.236. The second-order valence-corrected chi connectivity index (χ2v) is 6.02. The SMILES string of the molecule is CC(=O)OC/C=C(C)/C=C/C1=C(C)CCCC1(C)C. The number of hydrogen-bond donors (Lipinski definition) is 0. The summed E-state index contributed by atoms with van der Waals surface area (Å²) in [5, 5.41) is 0. The van der Waals surface area contributed by atoms with E-state index in [1.54, 1.807) is 0 Å². The Labute approximate surface area is 117 Å². The zero-order chi connectivity index (χ0) is 14.5. The van der Waals surface area contributed by atoms with Crippen molar-refractivity contribution in [3.63, 3.8) is 0 Å². The van der Waals surface area contributed by atoms with E-state index in [-0.39, 0.29) is 11.4 Å². The van der Waals surface area contributed by atoms with Crippen molar-refractivity contribution in [3.05, 3.63) is 34.9 Å². The van der Waals surface area contributed by atoms with E-state index in [0.29, 0.717) is 6.61 Å². The van der Waals surface area contributed by atoms with E-state index in [2.05, 4.69) is 32.9 Å². The van der Waals surface area contributed by atoms with Gasteiger partial charge in [0.05, 0.1) is 0 Å². The van der Waals surface area contributed by atoms with Gasteiger partial charge in [-0.1, -0.05) is 37.1 Å². The van der Waals surface area contributed by atoms with Crippen LogP contribution in [0.1, 0.15) is 53.9 Å². The Bertz CT molecular complexity index is 423. The molecule has 2 heteroatoms. The van der Waals surface area contributed by atoms with Gasteiger partial charge in [0.25, 0.3) is 0 Å². The summed E-state index contributed by atoms with van der Waals surface area (Å²) in [6.45, 7) is 10.7. The molecule has 19 heavy (non-hydrogen) atoms. The van der Waals surface area contributed by atoms with Gasteiger partial charge in [-0.25, -0.2) is 0 Å². The molecule has 106 valence electrons. The first-order valence-electron chi connectivity index (χ1n) is 7.01. The van der Waals surface area contributed by atoms with Crippen molar-refractivity contribution in [2.45, 2.75) is 53.9 Å². The summed E-state index contributed by atoms with van der Waals surface area (Å²) in [6, 6.07) is 0. The van der Waals surface area contributed by atoms with Gasteiger partial charge >= 0.3 is 5.97 Å². The first-order chi connectivity index (χ1) is 8.83. The van der Waals surface area contributed by atoms with Crippen molar-refractivity contribution in [1.82, 2.24) is 0 Å². The van der Waals surface area contributed by atoms with E-state index in [4.69, 9.17) is 4.74 Å². The van der Waals surface area contributed by atoms with Gasteiger partial charge < -0.3 is 4.74 Å². The summed E-state index contributed by atoms with van der Waals surface area (Å²) < 4.78 is 4.91. The molecule has 0 aliphatic heterocycles. The number of allylic oxidation sites excluding steroid dienone is 5. The topological polar surface area (TPSA) is 26.3 Å². The zero-order valence-corrected chi connectivity index (χ0v) is 12.9. The zero-order valence-electron chi connectivity index (χ0n) is 12.9. The van der Waals surface area contributed by atoms with Crippen molar-refractivity contribution < 1.29 is 9.53 Å². The molecule has 0 aromatic heterocycles. The first-order valence-corrected chi connectivity index (χ1v) is 7.01. The Balaban J connectivity index is 2.71. The van der Waals surface area contributed by atoms with Gasteiger partial charge in [0, 0.05) is 6.92 Å². The van der Waals surface area contributed by atoms with Gasteiger partial charge in [0.15, 0.2) is 0 Å². The van der Waals surface area contributed by atoms with E-state index in [1.807, 2.05) is 13.0 Å². The van der Waals surface area contributed by atoms with Gasteiger partial charge in [-0.3, -0.25) is 4.79 Å². The summed E-state index contributed by atoms with van der Waals surface area (Å²) in [7, 11) is 0. The Morgan fingerprint density at radius 1 is 1.37 bits per heavy atom. The van der Waals surface area contributed by atoms with Crippen LogP contribution in [-0.4, -0.2) is 12.6 Å². The van der Waals surface area contributed by atoms with Crippen LogP contribution >= 0.6 is 0 Å². The molecule has 0 unspecified atom stereocenters. The van der Waals surface area contributed by atoms with E-state index >= 15 is 0 Å². The quantitative estimate of drug-likeness (QED) is 0.547. The number of carbonyl (C=O) groups excluding carboxylic acids is 1. The fourth-order valence-corrected chi connectivity index (χ4v) is 2.58. The van der Waals surface area contributed by atoms with Crippen LogP contribution in [0.25, 0.3) is 0 Å². The van der Waals surface area contributed by atoms with E-state index in [9.17, 15) is 4.79 Å². The number of hydrogen-bond acceptors (Lipinski definition) is 2. The molecular formula is C17H26O2. The maximum atomic E-state index is 10.7. The minimum absolute atomic E-state index is 0.236. The number of carbonyl (C=O) groups is 1. The van der Waals surface area contributed by atoms with Crippen LogP contribution in [0, 0.1) is 5.41 Å². The van der Waals surface area contributed by atoms with E-state index < -0.39 is 0 Å². The third-order valence-corrected chi connectivity index (χ3v) is 3.75. The second-order valence-electron chi connectivity index (χ2n) is 6.02. The Morgan fingerprint density at radius 2 is 2.05 bits per heavy atom. The molecule has 0 spiro atoms. The van der Waals surface area contributed by atoms with Crippen LogP contribution in [0.5, 0.6) is 0 Å². The van der Waals surface area contributed by atoms with E-state index in [1.165, 1.54) is 37.3 Å². The average Bonchev–Trinajstić information content (AvgIpc) is 2.26. The average molecular weight is 262 g/mol. The third kappa shape index (κ3) is 5.06. The Morgan fingerprint density at radius 3 is 2.63 bits per heavy atom. The molecule has 2 nitrogen and oxygen atoms in total. The molecule has 0 radical (unpaired) electrons. The fraction of sp³-hybridized carbons (Fsp3) is 0.588. The van der Waals surface area contributed by atoms with Gasteiger partial charge in [-0.05, 0) is 50.2 Å². The molecule has 0 saturated heterocycles. The van der Waals surface area contributed by atoms with Crippen molar-refractivity contribution >= 4 is 5.97 Å². The molecular weight excluding hydrogens is 236 g/mol. The molecule has 0 atom stereocenters. The monoisotopic (exact) mass is 262 g/mol. The number of ether oxygens (including phenoxy) is 1. The van der Waals surface area contributed by atoms with Crippen molar-refractivity contribution in [3.8, 4) is 0 Å². The van der Waals surface area contributed by atoms with Gasteiger partial charge in [0.2, 0.25) is 0 Å². The predicted molar refractivity (Wildman–Crippen MR) is 79.9 cm³/mol. The molecule has 0 aromatic rings. The summed E-state index contributed by atoms with van der Waals surface area (Å²) >= 11 is 0. The molecule has 0 N–H and O–H groups in total. The number of esters is 1. The number of rotatable bonds is 4. The van der Waals surface area contributed by atoms with Crippen LogP contribution in [0.4, 0.5) is 0 Å². The lowest BCUT2D eigenvalue weighted by Gasteiger charge is -2.32. The molecule has 0 saturated carbocycles.